The van der Waals surface area contributed by atoms with Gasteiger partial charge in [0.05, 0.1) is 30.5 Å². The van der Waals surface area contributed by atoms with Crippen LogP contribution in [-0.4, -0.2) is 111 Å². The highest BCUT2D eigenvalue weighted by atomic mass is 32.2. The number of benzene rings is 2. The molecule has 2 aromatic rings. The highest BCUT2D eigenvalue weighted by Gasteiger charge is 2.59. The molecule has 5 aliphatic rings. The molecule has 9 atom stereocenters. The first-order chi connectivity index (χ1) is 29.1. The zero-order valence-corrected chi connectivity index (χ0v) is 36.4. The zero-order chi connectivity index (χ0) is 44.0. The van der Waals surface area contributed by atoms with Crippen LogP contribution in [0, 0.1) is 31.1 Å². The molecule has 0 radical (unpaired) electrons. The molecule has 328 valence electrons. The van der Waals surface area contributed by atoms with Crippen molar-refractivity contribution < 1.29 is 57.1 Å². The lowest BCUT2D eigenvalue weighted by molar-refractivity contribution is -0.151. The minimum Gasteiger partial charge on any atom is -0.493 e. The smallest absolute Gasteiger partial charge is 0.329 e. The van der Waals surface area contributed by atoms with Crippen LogP contribution in [0.2, 0.25) is 0 Å². The molecule has 2 saturated heterocycles. The number of fused-ring (bicyclic) bond motifs is 9. The van der Waals surface area contributed by atoms with Crippen molar-refractivity contribution in [1.82, 2.24) is 26.2 Å². The van der Waals surface area contributed by atoms with Gasteiger partial charge in [-0.3, -0.25) is 24.1 Å². The second kappa shape index (κ2) is 17.6. The average molecular weight is 865 g/mol. The van der Waals surface area contributed by atoms with Crippen LogP contribution in [0.4, 0.5) is 0 Å². The van der Waals surface area contributed by atoms with Crippen molar-refractivity contribution in [3.63, 3.8) is 0 Å². The summed E-state index contributed by atoms with van der Waals surface area (Å²) in [6.45, 7) is 10.9. The molecule has 0 saturated carbocycles. The average Bonchev–Trinajstić information content (AvgIpc) is 3.70. The summed E-state index contributed by atoms with van der Waals surface area (Å²) in [5, 5.41) is 22.3. The van der Waals surface area contributed by atoms with E-state index in [1.807, 2.05) is 6.92 Å². The highest BCUT2D eigenvalue weighted by molar-refractivity contribution is 7.99. The van der Waals surface area contributed by atoms with E-state index in [4.69, 9.17) is 33.2 Å². The molecule has 61 heavy (non-hydrogen) atoms. The standard InChI is InChI=1S/C42H52N6O12S/c1-17(2)31(47-40(51)20(5)44-21(6)49)41(52)46-25-14-61-39-30-29(38-36(58-16-59-38)19(4)35(30)60-22(7)50)27(13-56-42(25)53)48-26(12-43)24-11-23-10-18(3)34(55-9)37(57-15-54-8)28(23)32(45-24)33(39)48/h10,17,20,24-27,31-33,39,45H,11,13-16H2,1-9H3,(H,44,49)(H,46,52)(H,47,51)/t20?,24-,25-,26-,27-,31?,32-,33?,39+/m0/s1. The predicted octanol–water partition coefficient (Wildman–Crippen LogP) is 2.32. The summed E-state index contributed by atoms with van der Waals surface area (Å²) in [6, 6.07) is -1.64. The van der Waals surface area contributed by atoms with Crippen LogP contribution in [0.5, 0.6) is 28.7 Å². The van der Waals surface area contributed by atoms with E-state index >= 15 is 0 Å². The van der Waals surface area contributed by atoms with Crippen LogP contribution in [0.1, 0.15) is 85.3 Å². The van der Waals surface area contributed by atoms with Gasteiger partial charge in [-0.25, -0.2) is 4.79 Å². The molecular weight excluding hydrogens is 813 g/mol. The van der Waals surface area contributed by atoms with Gasteiger partial charge in [0, 0.05) is 61.0 Å². The Morgan fingerprint density at radius 2 is 1.74 bits per heavy atom. The van der Waals surface area contributed by atoms with Crippen LogP contribution in [0.3, 0.4) is 0 Å². The van der Waals surface area contributed by atoms with Crippen LogP contribution in [0.15, 0.2) is 6.07 Å². The number of hydrogen-bond donors (Lipinski definition) is 4. The maximum Gasteiger partial charge on any atom is 0.329 e. The van der Waals surface area contributed by atoms with Gasteiger partial charge >= 0.3 is 11.9 Å². The van der Waals surface area contributed by atoms with Crippen molar-refractivity contribution in [2.24, 2.45) is 5.92 Å². The van der Waals surface area contributed by atoms with Gasteiger partial charge in [-0.1, -0.05) is 19.9 Å². The molecule has 5 heterocycles. The number of piperazine rings is 1. The van der Waals surface area contributed by atoms with E-state index in [1.165, 1.54) is 39.6 Å². The van der Waals surface area contributed by atoms with E-state index in [-0.39, 0.29) is 37.7 Å². The summed E-state index contributed by atoms with van der Waals surface area (Å²) in [7, 11) is 3.10. The normalized spacial score (nSPS) is 25.7. The highest BCUT2D eigenvalue weighted by Crippen LogP contribution is 2.62. The number of nitriles is 1. The molecular formula is C42H52N6O12S. The molecule has 0 spiro atoms. The van der Waals surface area contributed by atoms with Gasteiger partial charge in [-0.2, -0.15) is 5.26 Å². The molecule has 19 heteroatoms. The number of thioether (sulfide) groups is 1. The third-order valence-electron chi connectivity index (χ3n) is 11.8. The maximum absolute atomic E-state index is 14.2. The fourth-order valence-electron chi connectivity index (χ4n) is 9.36. The minimum atomic E-state index is -1.20. The Morgan fingerprint density at radius 3 is 2.39 bits per heavy atom. The first-order valence-electron chi connectivity index (χ1n) is 20.2. The molecule has 4 N–H and O–H groups in total. The molecule has 2 fully saturated rings. The summed E-state index contributed by atoms with van der Waals surface area (Å²) in [5.74, 6) is -1.28. The number of nitrogens with zero attached hydrogens (tertiary/aromatic N) is 2. The Hall–Kier alpha value is -5.29. The van der Waals surface area contributed by atoms with Crippen molar-refractivity contribution in [2.75, 3.05) is 40.2 Å². The van der Waals surface area contributed by atoms with Gasteiger partial charge in [-0.15, -0.1) is 11.8 Å². The second-order valence-electron chi connectivity index (χ2n) is 16.2. The van der Waals surface area contributed by atoms with Gasteiger partial charge in [0.1, 0.15) is 36.5 Å². The lowest BCUT2D eigenvalue weighted by Crippen LogP contribution is -2.69. The zero-order valence-electron chi connectivity index (χ0n) is 35.6. The number of ether oxygens (including phenoxy) is 7. The fraction of sp³-hybridized carbons (Fsp3) is 0.571. The molecule has 4 bridgehead atoms. The molecule has 0 aromatic heterocycles. The number of nitrogens with one attached hydrogen (secondary N) is 4. The van der Waals surface area contributed by atoms with E-state index in [9.17, 15) is 29.2 Å². The number of rotatable bonds is 11. The third-order valence-corrected chi connectivity index (χ3v) is 13.2. The van der Waals surface area contributed by atoms with E-state index in [1.54, 1.807) is 27.9 Å². The first-order valence-corrected chi connectivity index (χ1v) is 21.2. The fourth-order valence-corrected chi connectivity index (χ4v) is 10.9. The van der Waals surface area contributed by atoms with E-state index < -0.39 is 83.1 Å². The number of hydrogen-bond acceptors (Lipinski definition) is 16. The monoisotopic (exact) mass is 864 g/mol. The van der Waals surface area contributed by atoms with Crippen molar-refractivity contribution in [3.05, 3.63) is 39.4 Å². The number of cyclic esters (lactones) is 1. The van der Waals surface area contributed by atoms with Gasteiger partial charge in [0.15, 0.2) is 29.8 Å². The van der Waals surface area contributed by atoms with E-state index in [2.05, 4.69) is 38.3 Å². The maximum atomic E-state index is 14.2. The van der Waals surface area contributed by atoms with Crippen LogP contribution < -0.4 is 45.0 Å². The quantitative estimate of drug-likeness (QED) is 0.145. The third kappa shape index (κ3) is 7.90. The molecule has 3 amide bonds. The Morgan fingerprint density at radius 1 is 1.00 bits per heavy atom. The lowest BCUT2D eigenvalue weighted by atomic mass is 9.72. The van der Waals surface area contributed by atoms with Gasteiger partial charge in [0.25, 0.3) is 0 Å². The number of amides is 3. The van der Waals surface area contributed by atoms with Crippen LogP contribution in [-0.2, 0) is 39.9 Å². The van der Waals surface area contributed by atoms with Crippen molar-refractivity contribution >= 4 is 41.4 Å². The van der Waals surface area contributed by atoms with Crippen LogP contribution >= 0.6 is 11.8 Å². The van der Waals surface area contributed by atoms with Crippen LogP contribution in [0.25, 0.3) is 0 Å². The summed E-state index contributed by atoms with van der Waals surface area (Å²) < 4.78 is 42.0. The molecule has 3 unspecified atom stereocenters. The summed E-state index contributed by atoms with van der Waals surface area (Å²) in [5.41, 5.74) is 4.33. The van der Waals surface area contributed by atoms with Crippen molar-refractivity contribution in [2.45, 2.75) is 108 Å². The molecule has 18 nitrogen and oxygen atoms in total. The lowest BCUT2D eigenvalue weighted by Gasteiger charge is -2.59. The first kappa shape index (κ1) is 43.8. The molecule has 7 rings (SSSR count). The summed E-state index contributed by atoms with van der Waals surface area (Å²) in [6.07, 6.45) is 0.466. The SMILES string of the molecule is COCOc1c(OC)c(C)cc2c1[C@@H]1N[C@@H](C2)[C@H](C#N)N2C1[C@@H]1SC[C@H](NC(=O)C(NC(=O)C(C)NC(C)=O)C(C)C)C(=O)OC[C@H]2c2c3c(c(C)c(OC(C)=O)c21)OCO3. The van der Waals surface area contributed by atoms with E-state index in [0.717, 1.165) is 16.7 Å². The van der Waals surface area contributed by atoms with Crippen molar-refractivity contribution in [1.29, 1.82) is 5.26 Å². The number of carbonyl (C=O) groups is 5. The van der Waals surface area contributed by atoms with Gasteiger partial charge in [0.2, 0.25) is 24.5 Å². The number of esters is 2. The minimum absolute atomic E-state index is 0.0395. The summed E-state index contributed by atoms with van der Waals surface area (Å²) in [4.78, 5) is 67.9. The number of carbonyl (C=O) groups excluding carboxylic acids is 5. The van der Waals surface area contributed by atoms with E-state index in [0.29, 0.717) is 46.1 Å². The number of aryl methyl sites for hydroxylation is 1. The molecule has 5 aliphatic heterocycles. The molecule has 0 aliphatic carbocycles. The van der Waals surface area contributed by atoms with Crippen molar-refractivity contribution in [3.8, 4) is 34.8 Å². The Kier molecular flexibility index (Phi) is 12.6. The largest absolute Gasteiger partial charge is 0.493 e. The molecule has 2 aromatic carbocycles. The number of methoxy groups -OCH3 is 2. The Bertz CT molecular complexity index is 2180. The second-order valence-corrected chi connectivity index (χ2v) is 17.4. The van der Waals surface area contributed by atoms with Gasteiger partial charge in [-0.05, 0) is 44.2 Å². The predicted molar refractivity (Wildman–Crippen MR) is 218 cm³/mol. The topological polar surface area (TPSA) is 225 Å². The Balaban J connectivity index is 1.38. The van der Waals surface area contributed by atoms with Gasteiger partial charge < -0.3 is 54.4 Å². The Labute approximate surface area is 357 Å². The summed E-state index contributed by atoms with van der Waals surface area (Å²) >= 11 is 1.32.